The van der Waals surface area contributed by atoms with Crippen LogP contribution in [0.2, 0.25) is 0 Å². The second-order valence-electron chi connectivity index (χ2n) is 11.4. The molecule has 1 unspecified atom stereocenters. The fraction of sp³-hybridized carbons (Fsp3) is 0.364. The third kappa shape index (κ3) is 6.77. The SMILES string of the molecule is C=C(C1CCN(C(c2cc(C=N)c(Nc3cccc(C(F)(F)F)c3)cc2F)C(F)(F)F)CC1)N(c1ccccc1C)C1CC1. The van der Waals surface area contributed by atoms with Gasteiger partial charge in [-0.15, -0.1) is 0 Å². The maximum atomic E-state index is 15.5. The minimum atomic E-state index is -4.82. The molecule has 1 heterocycles. The highest BCUT2D eigenvalue weighted by molar-refractivity contribution is 5.88. The molecule has 2 fully saturated rings. The molecular formula is C33H33F7N4. The average molecular weight is 619 g/mol. The Balaban J connectivity index is 1.36. The van der Waals surface area contributed by atoms with Crippen molar-refractivity contribution in [3.8, 4) is 0 Å². The molecule has 1 aliphatic heterocycles. The van der Waals surface area contributed by atoms with Crippen LogP contribution < -0.4 is 10.2 Å². The van der Waals surface area contributed by atoms with Gasteiger partial charge in [0.15, 0.2) is 0 Å². The summed E-state index contributed by atoms with van der Waals surface area (Å²) in [6.07, 6.45) is -5.82. The number of aryl methyl sites for hydroxylation is 1. The molecule has 3 aromatic carbocycles. The predicted molar refractivity (Wildman–Crippen MR) is 158 cm³/mol. The molecule has 0 spiro atoms. The Bertz CT molecular complexity index is 1520. The molecular weight excluding hydrogens is 585 g/mol. The van der Waals surface area contributed by atoms with Crippen LogP contribution in [0, 0.1) is 24.1 Å². The van der Waals surface area contributed by atoms with E-state index in [1.807, 2.05) is 31.2 Å². The predicted octanol–water partition coefficient (Wildman–Crippen LogP) is 9.39. The number of para-hydroxylation sites is 1. The first kappa shape index (κ1) is 31.6. The molecule has 1 atom stereocenters. The van der Waals surface area contributed by atoms with Crippen molar-refractivity contribution in [3.63, 3.8) is 0 Å². The summed E-state index contributed by atoms with van der Waals surface area (Å²) in [5, 5.41) is 10.4. The molecule has 2 aliphatic rings. The number of nitrogens with zero attached hydrogens (tertiary/aromatic N) is 2. The lowest BCUT2D eigenvalue weighted by molar-refractivity contribution is -0.190. The first-order valence-electron chi connectivity index (χ1n) is 14.4. The van der Waals surface area contributed by atoms with Crippen LogP contribution >= 0.6 is 0 Å². The Morgan fingerprint density at radius 2 is 1.66 bits per heavy atom. The summed E-state index contributed by atoms with van der Waals surface area (Å²) in [6.45, 7) is 6.50. The summed E-state index contributed by atoms with van der Waals surface area (Å²) in [7, 11) is 0. The van der Waals surface area contributed by atoms with Gasteiger partial charge < -0.3 is 15.6 Å². The topological polar surface area (TPSA) is 42.4 Å². The zero-order valence-electron chi connectivity index (χ0n) is 24.1. The Morgan fingerprint density at radius 3 is 2.25 bits per heavy atom. The van der Waals surface area contributed by atoms with Crippen LogP contribution in [0.5, 0.6) is 0 Å². The number of allylic oxidation sites excluding steroid dienone is 1. The normalized spacial score (nSPS) is 17.3. The summed E-state index contributed by atoms with van der Waals surface area (Å²) in [4.78, 5) is 3.44. The standard InChI is InChI=1S/C33H33F7N4/c1-20-6-3-4-9-30(20)44(26-10-11-26)21(2)22-12-14-43(15-13-22)31(33(38,39)40)27-16-23(19-41)29(18-28(27)34)42-25-8-5-7-24(17-25)32(35,36)37/h3-9,16-19,22,26,31,41-42H,2,10-15H2,1H3. The largest absolute Gasteiger partial charge is 0.416 e. The van der Waals surface area contributed by atoms with Gasteiger partial charge in [0.25, 0.3) is 0 Å². The van der Waals surface area contributed by atoms with Gasteiger partial charge in [-0.2, -0.15) is 26.3 Å². The Kier molecular flexibility index (Phi) is 8.80. The quantitative estimate of drug-likeness (QED) is 0.186. The minimum Gasteiger partial charge on any atom is -0.355 e. The van der Waals surface area contributed by atoms with Crippen molar-refractivity contribution in [2.24, 2.45) is 5.92 Å². The second-order valence-corrected chi connectivity index (χ2v) is 11.4. The van der Waals surface area contributed by atoms with E-state index in [9.17, 15) is 26.3 Å². The first-order valence-corrected chi connectivity index (χ1v) is 14.4. The number of hydrogen-bond donors (Lipinski definition) is 2. The van der Waals surface area contributed by atoms with Crippen LogP contribution in [0.25, 0.3) is 0 Å². The Morgan fingerprint density at radius 1 is 0.977 bits per heavy atom. The van der Waals surface area contributed by atoms with Crippen molar-refractivity contribution in [3.05, 3.63) is 101 Å². The van der Waals surface area contributed by atoms with Gasteiger partial charge in [-0.05, 0) is 87.7 Å². The summed E-state index contributed by atoms with van der Waals surface area (Å²) >= 11 is 0. The molecule has 1 aliphatic carbocycles. The summed E-state index contributed by atoms with van der Waals surface area (Å²) in [5.74, 6) is -1.21. The average Bonchev–Trinajstić information content (AvgIpc) is 3.80. The van der Waals surface area contributed by atoms with Crippen LogP contribution in [0.4, 0.5) is 47.8 Å². The van der Waals surface area contributed by atoms with Crippen molar-refractivity contribution in [2.45, 2.75) is 57.0 Å². The molecule has 1 saturated carbocycles. The van der Waals surface area contributed by atoms with Gasteiger partial charge in [0.1, 0.15) is 11.9 Å². The van der Waals surface area contributed by atoms with E-state index in [0.717, 1.165) is 66.3 Å². The van der Waals surface area contributed by atoms with Crippen LogP contribution in [0.15, 0.2) is 72.9 Å². The van der Waals surface area contributed by atoms with E-state index in [0.29, 0.717) is 18.9 Å². The smallest absolute Gasteiger partial charge is 0.355 e. The maximum absolute atomic E-state index is 15.5. The van der Waals surface area contributed by atoms with Crippen LogP contribution in [0.3, 0.4) is 0 Å². The minimum absolute atomic E-state index is 0.0404. The first-order chi connectivity index (χ1) is 20.8. The van der Waals surface area contributed by atoms with Gasteiger partial charge in [-0.3, -0.25) is 4.90 Å². The van der Waals surface area contributed by atoms with E-state index in [1.165, 1.54) is 11.0 Å². The fourth-order valence-electron chi connectivity index (χ4n) is 5.99. The van der Waals surface area contributed by atoms with Crippen LogP contribution in [-0.4, -0.2) is 36.4 Å². The van der Waals surface area contributed by atoms with E-state index >= 15 is 4.39 Å². The van der Waals surface area contributed by atoms with Crippen LogP contribution in [-0.2, 0) is 6.18 Å². The molecule has 0 radical (unpaired) electrons. The van der Waals surface area contributed by atoms with Crippen molar-refractivity contribution < 1.29 is 30.7 Å². The number of piperidine rings is 1. The molecule has 5 rings (SSSR count). The third-order valence-electron chi connectivity index (χ3n) is 8.36. The molecule has 1 saturated heterocycles. The lowest BCUT2D eigenvalue weighted by Gasteiger charge is -2.41. The molecule has 0 bridgehead atoms. The number of benzene rings is 3. The second kappa shape index (κ2) is 12.3. The highest BCUT2D eigenvalue weighted by Gasteiger charge is 2.47. The lowest BCUT2D eigenvalue weighted by atomic mass is 9.90. The fourth-order valence-corrected chi connectivity index (χ4v) is 5.99. The molecule has 3 aromatic rings. The van der Waals surface area contributed by atoms with E-state index in [2.05, 4.69) is 16.8 Å². The third-order valence-corrected chi connectivity index (χ3v) is 8.36. The van der Waals surface area contributed by atoms with Gasteiger partial charge in [0.2, 0.25) is 0 Å². The molecule has 0 aromatic heterocycles. The molecule has 11 heteroatoms. The van der Waals surface area contributed by atoms with Gasteiger partial charge in [0, 0.05) is 46.4 Å². The highest BCUT2D eigenvalue weighted by Crippen LogP contribution is 2.44. The van der Waals surface area contributed by atoms with Gasteiger partial charge in [-0.1, -0.05) is 30.8 Å². The number of halogens is 7. The monoisotopic (exact) mass is 618 g/mol. The van der Waals surface area contributed by atoms with Gasteiger partial charge in [-0.25, -0.2) is 4.39 Å². The molecule has 2 N–H and O–H groups in total. The van der Waals surface area contributed by atoms with E-state index < -0.39 is 35.3 Å². The molecule has 234 valence electrons. The van der Waals surface area contributed by atoms with E-state index in [4.69, 9.17) is 5.41 Å². The highest BCUT2D eigenvalue weighted by atomic mass is 19.4. The summed E-state index contributed by atoms with van der Waals surface area (Å²) in [5.41, 5.74) is 1.19. The van der Waals surface area contributed by atoms with Crippen molar-refractivity contribution in [2.75, 3.05) is 23.3 Å². The molecule has 44 heavy (non-hydrogen) atoms. The zero-order valence-corrected chi connectivity index (χ0v) is 24.1. The van der Waals surface area contributed by atoms with Gasteiger partial charge in [0.05, 0.1) is 11.3 Å². The maximum Gasteiger partial charge on any atom is 0.416 e. The number of hydrogen-bond acceptors (Lipinski definition) is 4. The lowest BCUT2D eigenvalue weighted by Crippen LogP contribution is -2.45. The summed E-state index contributed by atoms with van der Waals surface area (Å²) < 4.78 is 98.6. The molecule has 4 nitrogen and oxygen atoms in total. The number of rotatable bonds is 9. The number of alkyl halides is 6. The van der Waals surface area contributed by atoms with E-state index in [-0.39, 0.29) is 35.9 Å². The van der Waals surface area contributed by atoms with Crippen LogP contribution in [0.1, 0.15) is 54.0 Å². The van der Waals surface area contributed by atoms with Crippen molar-refractivity contribution >= 4 is 23.3 Å². The van der Waals surface area contributed by atoms with Crippen molar-refractivity contribution in [1.29, 1.82) is 5.41 Å². The zero-order chi connectivity index (χ0) is 31.8. The number of likely N-dealkylation sites (tertiary alicyclic amines) is 1. The molecule has 0 amide bonds. The van der Waals surface area contributed by atoms with Crippen molar-refractivity contribution in [1.82, 2.24) is 4.90 Å². The van der Waals surface area contributed by atoms with Gasteiger partial charge >= 0.3 is 12.4 Å². The number of anilines is 3. The summed E-state index contributed by atoms with van der Waals surface area (Å²) in [6, 6.07) is 11.9. The number of nitrogens with one attached hydrogen (secondary N) is 2. The van der Waals surface area contributed by atoms with E-state index in [1.54, 1.807) is 0 Å². The Labute approximate surface area is 251 Å². The Hall–Kier alpha value is -3.86.